The van der Waals surface area contributed by atoms with E-state index in [1.807, 2.05) is 27.0 Å². The van der Waals surface area contributed by atoms with Gasteiger partial charge in [0, 0.05) is 25.2 Å². The minimum Gasteiger partial charge on any atom is -0.356 e. The van der Waals surface area contributed by atoms with Crippen LogP contribution in [0.4, 0.5) is 0 Å². The molecule has 0 unspecified atom stereocenters. The summed E-state index contributed by atoms with van der Waals surface area (Å²) < 4.78 is 5.30. The van der Waals surface area contributed by atoms with Crippen LogP contribution in [0.2, 0.25) is 0 Å². The van der Waals surface area contributed by atoms with Crippen molar-refractivity contribution < 1.29 is 9.32 Å². The standard InChI is InChI=1S/C15H18N4O2/c1-9-6-14(21-18-9)12-7-16-10(2)17-13(12)8-19(3)15(20)11-4-5-11/h6-7,11H,4-5,8H2,1-3H3. The van der Waals surface area contributed by atoms with Crippen LogP contribution < -0.4 is 0 Å². The van der Waals surface area contributed by atoms with E-state index in [1.54, 1.807) is 11.1 Å². The number of carbonyl (C=O) groups is 1. The molecule has 1 amide bonds. The molecule has 0 aromatic carbocycles. The van der Waals surface area contributed by atoms with Crippen molar-refractivity contribution in [3.8, 4) is 11.3 Å². The number of carbonyl (C=O) groups excluding carboxylic acids is 1. The molecule has 0 spiro atoms. The van der Waals surface area contributed by atoms with Crippen LogP contribution in [0, 0.1) is 19.8 Å². The second kappa shape index (κ2) is 5.27. The average molecular weight is 286 g/mol. The maximum absolute atomic E-state index is 12.1. The van der Waals surface area contributed by atoms with Crippen LogP contribution in [-0.4, -0.2) is 33.0 Å². The quantitative estimate of drug-likeness (QED) is 0.860. The van der Waals surface area contributed by atoms with Crippen LogP contribution in [0.25, 0.3) is 11.3 Å². The molecule has 0 atom stereocenters. The van der Waals surface area contributed by atoms with Gasteiger partial charge >= 0.3 is 0 Å². The van der Waals surface area contributed by atoms with Crippen molar-refractivity contribution in [1.82, 2.24) is 20.0 Å². The van der Waals surface area contributed by atoms with Gasteiger partial charge in [-0.05, 0) is 26.7 Å². The first-order valence-corrected chi connectivity index (χ1v) is 7.06. The van der Waals surface area contributed by atoms with Crippen LogP contribution in [-0.2, 0) is 11.3 Å². The van der Waals surface area contributed by atoms with Gasteiger partial charge in [0.15, 0.2) is 5.76 Å². The van der Waals surface area contributed by atoms with Gasteiger partial charge in [-0.1, -0.05) is 5.16 Å². The fourth-order valence-electron chi connectivity index (χ4n) is 2.28. The third-order valence-electron chi connectivity index (χ3n) is 3.57. The number of hydrogen-bond donors (Lipinski definition) is 0. The van der Waals surface area contributed by atoms with Gasteiger partial charge in [-0.2, -0.15) is 0 Å². The fraction of sp³-hybridized carbons (Fsp3) is 0.467. The molecule has 3 rings (SSSR count). The summed E-state index contributed by atoms with van der Waals surface area (Å²) in [7, 11) is 1.81. The van der Waals surface area contributed by atoms with Gasteiger partial charge in [-0.25, -0.2) is 9.97 Å². The van der Waals surface area contributed by atoms with Crippen LogP contribution >= 0.6 is 0 Å². The van der Waals surface area contributed by atoms with Gasteiger partial charge in [0.1, 0.15) is 5.82 Å². The smallest absolute Gasteiger partial charge is 0.225 e. The lowest BCUT2D eigenvalue weighted by atomic mass is 10.1. The second-order valence-corrected chi connectivity index (χ2v) is 5.58. The topological polar surface area (TPSA) is 72.1 Å². The molecule has 2 heterocycles. The molecule has 6 heteroatoms. The van der Waals surface area contributed by atoms with Gasteiger partial charge < -0.3 is 9.42 Å². The van der Waals surface area contributed by atoms with E-state index in [2.05, 4.69) is 15.1 Å². The summed E-state index contributed by atoms with van der Waals surface area (Å²) in [6, 6.07) is 1.85. The van der Waals surface area contributed by atoms with Crippen molar-refractivity contribution in [3.05, 3.63) is 29.5 Å². The maximum Gasteiger partial charge on any atom is 0.225 e. The van der Waals surface area contributed by atoms with Crippen molar-refractivity contribution in [2.75, 3.05) is 7.05 Å². The molecule has 0 radical (unpaired) electrons. The Kier molecular flexibility index (Phi) is 3.45. The molecule has 0 aliphatic heterocycles. The summed E-state index contributed by atoms with van der Waals surface area (Å²) in [5.74, 6) is 1.70. The van der Waals surface area contributed by atoms with Crippen molar-refractivity contribution in [1.29, 1.82) is 0 Å². The van der Waals surface area contributed by atoms with Crippen molar-refractivity contribution >= 4 is 5.91 Å². The largest absolute Gasteiger partial charge is 0.356 e. The highest BCUT2D eigenvalue weighted by Crippen LogP contribution is 2.31. The molecule has 110 valence electrons. The molecule has 6 nitrogen and oxygen atoms in total. The van der Waals surface area contributed by atoms with Crippen molar-refractivity contribution in [3.63, 3.8) is 0 Å². The Hall–Kier alpha value is -2.24. The number of aromatic nitrogens is 3. The fourth-order valence-corrected chi connectivity index (χ4v) is 2.28. The van der Waals surface area contributed by atoms with Crippen molar-refractivity contribution in [2.45, 2.75) is 33.2 Å². The predicted octanol–water partition coefficient (Wildman–Crippen LogP) is 2.12. The SMILES string of the molecule is Cc1cc(-c2cnc(C)nc2CN(C)C(=O)C2CC2)on1. The number of rotatable bonds is 4. The zero-order chi connectivity index (χ0) is 15.0. The first-order valence-electron chi connectivity index (χ1n) is 7.06. The molecule has 2 aromatic rings. The highest BCUT2D eigenvalue weighted by molar-refractivity contribution is 5.80. The Labute approximate surface area is 123 Å². The number of aryl methyl sites for hydroxylation is 2. The van der Waals surface area contributed by atoms with Crippen LogP contribution in [0.15, 0.2) is 16.8 Å². The Morgan fingerprint density at radius 2 is 2.19 bits per heavy atom. The summed E-state index contributed by atoms with van der Waals surface area (Å²) in [6.45, 7) is 4.15. The highest BCUT2D eigenvalue weighted by Gasteiger charge is 2.32. The molecule has 1 aliphatic carbocycles. The number of nitrogens with zero attached hydrogens (tertiary/aromatic N) is 4. The molecule has 1 aliphatic rings. The Morgan fingerprint density at radius 1 is 1.43 bits per heavy atom. The van der Waals surface area contributed by atoms with Crippen LogP contribution in [0.5, 0.6) is 0 Å². The third kappa shape index (κ3) is 2.94. The lowest BCUT2D eigenvalue weighted by Gasteiger charge is -2.17. The molecule has 1 fully saturated rings. The first-order chi connectivity index (χ1) is 10.0. The van der Waals surface area contributed by atoms with Crippen LogP contribution in [0.3, 0.4) is 0 Å². The Bertz CT molecular complexity index is 676. The van der Waals surface area contributed by atoms with Gasteiger partial charge in [-0.15, -0.1) is 0 Å². The average Bonchev–Trinajstić information content (AvgIpc) is 3.20. The molecular formula is C15H18N4O2. The monoisotopic (exact) mass is 286 g/mol. The van der Waals surface area contributed by atoms with Gasteiger partial charge in [-0.3, -0.25) is 4.79 Å². The van der Waals surface area contributed by atoms with E-state index in [0.717, 1.165) is 29.8 Å². The molecule has 1 saturated carbocycles. The zero-order valence-corrected chi connectivity index (χ0v) is 12.5. The van der Waals surface area contributed by atoms with Gasteiger partial charge in [0.2, 0.25) is 5.91 Å². The van der Waals surface area contributed by atoms with E-state index < -0.39 is 0 Å². The minimum atomic E-state index is 0.186. The second-order valence-electron chi connectivity index (χ2n) is 5.58. The lowest BCUT2D eigenvalue weighted by molar-refractivity contribution is -0.131. The molecular weight excluding hydrogens is 268 g/mol. The summed E-state index contributed by atoms with van der Waals surface area (Å²) >= 11 is 0. The summed E-state index contributed by atoms with van der Waals surface area (Å²) in [5.41, 5.74) is 2.38. The van der Waals surface area contributed by atoms with E-state index in [4.69, 9.17) is 4.52 Å². The first kappa shape index (κ1) is 13.7. The highest BCUT2D eigenvalue weighted by atomic mass is 16.5. The minimum absolute atomic E-state index is 0.186. The molecule has 0 N–H and O–H groups in total. The van der Waals surface area contributed by atoms with E-state index >= 15 is 0 Å². The lowest BCUT2D eigenvalue weighted by Crippen LogP contribution is -2.28. The van der Waals surface area contributed by atoms with Crippen molar-refractivity contribution in [2.24, 2.45) is 5.92 Å². The zero-order valence-electron chi connectivity index (χ0n) is 12.5. The molecule has 0 saturated heterocycles. The van der Waals surface area contributed by atoms with Gasteiger partial charge in [0.05, 0.1) is 23.5 Å². The number of hydrogen-bond acceptors (Lipinski definition) is 5. The summed E-state index contributed by atoms with van der Waals surface area (Å²) in [5, 5.41) is 3.90. The maximum atomic E-state index is 12.1. The normalized spacial score (nSPS) is 14.2. The van der Waals surface area contributed by atoms with E-state index in [0.29, 0.717) is 18.1 Å². The van der Waals surface area contributed by atoms with E-state index in [-0.39, 0.29) is 11.8 Å². The molecule has 2 aromatic heterocycles. The Morgan fingerprint density at radius 3 is 2.81 bits per heavy atom. The van der Waals surface area contributed by atoms with Gasteiger partial charge in [0.25, 0.3) is 0 Å². The van der Waals surface area contributed by atoms with Crippen LogP contribution in [0.1, 0.15) is 30.1 Å². The van der Waals surface area contributed by atoms with E-state index in [1.165, 1.54) is 0 Å². The Balaban J connectivity index is 1.89. The number of amides is 1. The summed E-state index contributed by atoms with van der Waals surface area (Å²) in [4.78, 5) is 22.5. The summed E-state index contributed by atoms with van der Waals surface area (Å²) in [6.07, 6.45) is 3.73. The third-order valence-corrected chi connectivity index (χ3v) is 3.57. The molecule has 0 bridgehead atoms. The van der Waals surface area contributed by atoms with E-state index in [9.17, 15) is 4.79 Å². The molecule has 21 heavy (non-hydrogen) atoms. The predicted molar refractivity (Wildman–Crippen MR) is 76.2 cm³/mol.